The highest BCUT2D eigenvalue weighted by Gasteiger charge is 2.44. The van der Waals surface area contributed by atoms with E-state index < -0.39 is 52.9 Å². The van der Waals surface area contributed by atoms with Crippen LogP contribution in [-0.2, 0) is 4.43 Å². The Bertz CT molecular complexity index is 621. The monoisotopic (exact) mass is 321 g/mol. The van der Waals surface area contributed by atoms with Crippen molar-refractivity contribution in [2.45, 2.75) is 18.9 Å². The summed E-state index contributed by atoms with van der Waals surface area (Å²) in [6.45, 7) is 0.192. The van der Waals surface area contributed by atoms with E-state index >= 15 is 0 Å². The van der Waals surface area contributed by atoms with Crippen LogP contribution in [0.5, 0.6) is 0 Å². The number of rotatable bonds is 3. The van der Waals surface area contributed by atoms with Gasteiger partial charge >= 0.3 is 11.4 Å². The third-order valence-corrected chi connectivity index (χ3v) is 5.37. The number of hydrogen-bond acceptors (Lipinski definition) is 5. The van der Waals surface area contributed by atoms with Crippen molar-refractivity contribution in [2.24, 2.45) is 0 Å². The van der Waals surface area contributed by atoms with Crippen molar-refractivity contribution >= 4 is 25.6 Å². The van der Waals surface area contributed by atoms with Crippen LogP contribution >= 0.6 is 0 Å². The van der Waals surface area contributed by atoms with Gasteiger partial charge in [-0.2, -0.15) is 4.39 Å². The van der Waals surface area contributed by atoms with Gasteiger partial charge in [-0.05, 0) is 12.5 Å². The first-order valence-corrected chi connectivity index (χ1v) is 7.46. The molecule has 1 aromatic carbocycles. The Kier molecular flexibility index (Phi) is 4.23. The fourth-order valence-electron chi connectivity index (χ4n) is 2.09. The molecule has 1 aliphatic heterocycles. The van der Waals surface area contributed by atoms with Crippen molar-refractivity contribution < 1.29 is 27.4 Å². The number of nitro groups is 2. The molecule has 0 saturated carbocycles. The molecule has 1 saturated heterocycles. The predicted molar refractivity (Wildman–Crippen MR) is 65.0 cm³/mol. The summed E-state index contributed by atoms with van der Waals surface area (Å²) < 4.78 is 46.1. The van der Waals surface area contributed by atoms with Gasteiger partial charge in [0.25, 0.3) is 9.04 Å². The van der Waals surface area contributed by atoms with E-state index in [1.54, 1.807) is 0 Å². The molecule has 7 nitrogen and oxygen atoms in total. The van der Waals surface area contributed by atoms with Gasteiger partial charge in [0.1, 0.15) is 0 Å². The largest absolute Gasteiger partial charge is 0.411 e. The van der Waals surface area contributed by atoms with Gasteiger partial charge in [-0.25, -0.2) is 8.78 Å². The molecule has 1 aromatic rings. The highest BCUT2D eigenvalue weighted by molar-refractivity contribution is 6.69. The van der Waals surface area contributed by atoms with E-state index in [0.717, 1.165) is 0 Å². The summed E-state index contributed by atoms with van der Waals surface area (Å²) in [7, 11) is -2.35. The molecule has 0 amide bonds. The van der Waals surface area contributed by atoms with Crippen LogP contribution in [0.15, 0.2) is 0 Å². The molecule has 1 fully saturated rings. The number of nitro benzene ring substituents is 2. The van der Waals surface area contributed by atoms with Crippen LogP contribution in [0.2, 0.25) is 6.04 Å². The number of nitrogens with zero attached hydrogens (tertiary/aromatic N) is 2. The van der Waals surface area contributed by atoms with E-state index in [0.29, 0.717) is 12.8 Å². The van der Waals surface area contributed by atoms with E-state index in [4.69, 9.17) is 4.43 Å². The van der Waals surface area contributed by atoms with Gasteiger partial charge in [-0.15, -0.1) is 0 Å². The summed E-state index contributed by atoms with van der Waals surface area (Å²) in [5, 5.41) is 21.0. The second kappa shape index (κ2) is 5.77. The lowest BCUT2D eigenvalue weighted by atomic mass is 10.2. The number of halogens is 3. The van der Waals surface area contributed by atoms with Crippen molar-refractivity contribution in [3.05, 3.63) is 37.7 Å². The molecule has 11 heteroatoms. The van der Waals surface area contributed by atoms with Gasteiger partial charge in [0.2, 0.25) is 11.6 Å². The normalized spacial score (nSPS) is 16.0. The standard InChI is InChI=1S/C10H8F3N2O5Si/c11-5-6(12)8(14(16)17)9(15(18)19)10(7(5)13)21-4-2-1-3-20-21/h1-4H2. The van der Waals surface area contributed by atoms with Crippen LogP contribution in [0.25, 0.3) is 0 Å². The Morgan fingerprint density at radius 2 is 1.57 bits per heavy atom. The third kappa shape index (κ3) is 2.61. The molecule has 1 radical (unpaired) electrons. The van der Waals surface area contributed by atoms with Crippen LogP contribution < -0.4 is 5.19 Å². The van der Waals surface area contributed by atoms with E-state index in [-0.39, 0.29) is 12.7 Å². The lowest BCUT2D eigenvalue weighted by molar-refractivity contribution is -0.423. The molecule has 0 aromatic heterocycles. The Balaban J connectivity index is 2.77. The zero-order chi connectivity index (χ0) is 15.7. The van der Waals surface area contributed by atoms with Gasteiger partial charge in [-0.3, -0.25) is 20.2 Å². The zero-order valence-corrected chi connectivity index (χ0v) is 11.4. The predicted octanol–water partition coefficient (Wildman–Crippen LogP) is 1.93. The van der Waals surface area contributed by atoms with Crippen molar-refractivity contribution in [1.29, 1.82) is 0 Å². The lowest BCUT2D eigenvalue weighted by Gasteiger charge is -2.20. The van der Waals surface area contributed by atoms with Crippen LogP contribution in [0.4, 0.5) is 24.5 Å². The summed E-state index contributed by atoms with van der Waals surface area (Å²) in [4.78, 5) is 19.1. The van der Waals surface area contributed by atoms with Gasteiger partial charge in [-0.1, -0.05) is 6.42 Å². The van der Waals surface area contributed by atoms with Crippen molar-refractivity contribution in [3.8, 4) is 0 Å². The summed E-state index contributed by atoms with van der Waals surface area (Å²) in [6.07, 6.45) is 1.22. The van der Waals surface area contributed by atoms with E-state index in [2.05, 4.69) is 0 Å². The molecule has 113 valence electrons. The first-order valence-electron chi connectivity index (χ1n) is 5.84. The summed E-state index contributed by atoms with van der Waals surface area (Å²) in [6, 6.07) is 0.227. The molecular weight excluding hydrogens is 313 g/mol. The quantitative estimate of drug-likeness (QED) is 0.367. The van der Waals surface area contributed by atoms with Gasteiger partial charge in [0.15, 0.2) is 5.82 Å². The minimum absolute atomic E-state index is 0.192. The third-order valence-electron chi connectivity index (χ3n) is 2.99. The van der Waals surface area contributed by atoms with Gasteiger partial charge in [0, 0.05) is 6.61 Å². The molecule has 1 aliphatic rings. The first-order chi connectivity index (χ1) is 9.86. The van der Waals surface area contributed by atoms with Crippen LogP contribution in [0.1, 0.15) is 12.8 Å². The van der Waals surface area contributed by atoms with Crippen molar-refractivity contribution in [1.82, 2.24) is 0 Å². The second-order valence-corrected chi connectivity index (χ2v) is 6.39. The Morgan fingerprint density at radius 1 is 0.952 bits per heavy atom. The van der Waals surface area contributed by atoms with E-state index in [1.807, 2.05) is 0 Å². The molecule has 0 aliphatic carbocycles. The Labute approximate surface area is 117 Å². The smallest absolute Gasteiger partial charge is 0.384 e. The molecule has 0 unspecified atom stereocenters. The van der Waals surface area contributed by atoms with Crippen molar-refractivity contribution in [2.75, 3.05) is 6.61 Å². The highest BCUT2D eigenvalue weighted by atomic mass is 28.3. The maximum absolute atomic E-state index is 13.9. The number of hydrogen-bond donors (Lipinski definition) is 0. The minimum atomic E-state index is -2.35. The molecule has 0 N–H and O–H groups in total. The summed E-state index contributed by atoms with van der Waals surface area (Å²) >= 11 is 0. The second-order valence-electron chi connectivity index (χ2n) is 4.26. The van der Waals surface area contributed by atoms with Crippen LogP contribution in [-0.4, -0.2) is 25.5 Å². The van der Waals surface area contributed by atoms with E-state index in [9.17, 15) is 33.4 Å². The molecule has 2 rings (SSSR count). The fourth-order valence-corrected chi connectivity index (χ4v) is 4.42. The molecule has 0 atom stereocenters. The topological polar surface area (TPSA) is 95.5 Å². The molecule has 0 bridgehead atoms. The Hall–Kier alpha value is -2.01. The molecular formula is C10H8F3N2O5Si. The lowest BCUT2D eigenvalue weighted by Crippen LogP contribution is -2.41. The first kappa shape index (κ1) is 15.4. The van der Waals surface area contributed by atoms with Gasteiger partial charge in [0.05, 0.1) is 15.0 Å². The van der Waals surface area contributed by atoms with E-state index in [1.165, 1.54) is 0 Å². The summed E-state index contributed by atoms with van der Waals surface area (Å²) in [5.41, 5.74) is -3.02. The SMILES string of the molecule is O=[N+]([O-])c1c(F)c(F)c(F)c([Si]2CCCCO2)c1[N+](=O)[O-]. The van der Waals surface area contributed by atoms with Gasteiger partial charge < -0.3 is 4.43 Å². The van der Waals surface area contributed by atoms with Crippen LogP contribution in [0.3, 0.4) is 0 Å². The van der Waals surface area contributed by atoms with Crippen molar-refractivity contribution in [3.63, 3.8) is 0 Å². The summed E-state index contributed by atoms with van der Waals surface area (Å²) in [5.74, 6) is -6.04. The fraction of sp³-hybridized carbons (Fsp3) is 0.400. The average molecular weight is 321 g/mol. The maximum atomic E-state index is 13.9. The zero-order valence-electron chi connectivity index (χ0n) is 10.4. The molecule has 0 spiro atoms. The average Bonchev–Trinajstić information content (AvgIpc) is 2.44. The Morgan fingerprint density at radius 3 is 2.05 bits per heavy atom. The molecule has 1 heterocycles. The molecule has 21 heavy (non-hydrogen) atoms. The van der Waals surface area contributed by atoms with Crippen LogP contribution in [0, 0.1) is 37.7 Å². The maximum Gasteiger partial charge on any atom is 0.384 e. The highest BCUT2D eigenvalue weighted by Crippen LogP contribution is 2.33. The minimum Gasteiger partial charge on any atom is -0.411 e. The number of benzene rings is 1.